The van der Waals surface area contributed by atoms with Crippen LogP contribution in [-0.4, -0.2) is 30.4 Å². The molecule has 0 bridgehead atoms. The molecule has 0 unspecified atom stereocenters. The van der Waals surface area contributed by atoms with E-state index in [1.54, 1.807) is 42.5 Å². The average molecular weight is 566 g/mol. The van der Waals surface area contributed by atoms with Crippen molar-refractivity contribution in [1.29, 1.82) is 0 Å². The number of hydrogen-bond donors (Lipinski definition) is 2. The number of nitrogens with zero attached hydrogens (tertiary/aromatic N) is 1. The molecule has 0 spiro atoms. The van der Waals surface area contributed by atoms with Gasteiger partial charge in [-0.3, -0.25) is 19.7 Å². The zero-order chi connectivity index (χ0) is 26.7. The van der Waals surface area contributed by atoms with Gasteiger partial charge in [-0.15, -0.1) is 0 Å². The number of ether oxygens (including phenoxy) is 1. The van der Waals surface area contributed by atoms with Gasteiger partial charge in [-0.25, -0.2) is 14.1 Å². The van der Waals surface area contributed by atoms with E-state index in [1.807, 2.05) is 13.8 Å². The van der Waals surface area contributed by atoms with Crippen molar-refractivity contribution >= 4 is 57.1 Å². The number of halogens is 2. The van der Waals surface area contributed by atoms with Crippen LogP contribution in [0.5, 0.6) is 5.75 Å². The molecular weight excluding hydrogens is 545 g/mol. The summed E-state index contributed by atoms with van der Waals surface area (Å²) in [5.41, 5.74) is 2.54. The number of carbonyl (C=O) groups is 4. The van der Waals surface area contributed by atoms with Gasteiger partial charge in [0, 0.05) is 0 Å². The van der Waals surface area contributed by atoms with Gasteiger partial charge >= 0.3 is 6.03 Å². The number of benzene rings is 3. The Morgan fingerprint density at radius 1 is 1.05 bits per heavy atom. The van der Waals surface area contributed by atoms with E-state index in [0.29, 0.717) is 21.5 Å². The maximum Gasteiger partial charge on any atom is 0.335 e. The lowest BCUT2D eigenvalue weighted by atomic mass is 10.1. The van der Waals surface area contributed by atoms with Gasteiger partial charge in [0.05, 0.1) is 15.8 Å². The number of para-hydroxylation sites is 1. The second-order valence-electron chi connectivity index (χ2n) is 8.23. The predicted molar refractivity (Wildman–Crippen MR) is 140 cm³/mol. The van der Waals surface area contributed by atoms with Crippen LogP contribution in [0.3, 0.4) is 0 Å². The second-order valence-corrected chi connectivity index (χ2v) is 9.09. The van der Waals surface area contributed by atoms with Crippen LogP contribution >= 0.6 is 15.9 Å². The summed E-state index contributed by atoms with van der Waals surface area (Å²) in [7, 11) is 0. The Morgan fingerprint density at radius 3 is 2.51 bits per heavy atom. The van der Waals surface area contributed by atoms with Crippen molar-refractivity contribution < 1.29 is 28.3 Å². The first-order valence-electron chi connectivity index (χ1n) is 11.1. The van der Waals surface area contributed by atoms with Crippen molar-refractivity contribution in [2.24, 2.45) is 0 Å². The summed E-state index contributed by atoms with van der Waals surface area (Å²) in [6, 6.07) is 14.8. The number of barbiturate groups is 1. The minimum absolute atomic E-state index is 0.0425. The molecule has 1 heterocycles. The molecule has 0 radical (unpaired) electrons. The second kappa shape index (κ2) is 10.8. The highest BCUT2D eigenvalue weighted by Gasteiger charge is 2.36. The van der Waals surface area contributed by atoms with Gasteiger partial charge in [0.2, 0.25) is 0 Å². The van der Waals surface area contributed by atoms with E-state index in [-0.39, 0.29) is 17.9 Å². The van der Waals surface area contributed by atoms with Gasteiger partial charge in [-0.1, -0.05) is 24.3 Å². The number of anilines is 2. The lowest BCUT2D eigenvalue weighted by molar-refractivity contribution is -0.122. The fourth-order valence-electron chi connectivity index (χ4n) is 3.54. The third-order valence-electron chi connectivity index (χ3n) is 5.62. The summed E-state index contributed by atoms with van der Waals surface area (Å²) in [4.78, 5) is 51.1. The van der Waals surface area contributed by atoms with Crippen LogP contribution in [0, 0.1) is 19.7 Å². The number of carbonyl (C=O) groups excluding carboxylic acids is 4. The molecule has 1 fully saturated rings. The summed E-state index contributed by atoms with van der Waals surface area (Å²) >= 11 is 3.35. The number of rotatable bonds is 6. The van der Waals surface area contributed by atoms with Gasteiger partial charge < -0.3 is 10.1 Å². The maximum atomic E-state index is 13.7. The molecule has 4 rings (SSSR count). The Balaban J connectivity index is 1.49. The lowest BCUT2D eigenvalue weighted by Crippen LogP contribution is -2.54. The number of aryl methyl sites for hydroxylation is 2. The molecule has 1 aliphatic rings. The Bertz CT molecular complexity index is 1470. The molecule has 10 heteroatoms. The molecule has 0 aliphatic carbocycles. The van der Waals surface area contributed by atoms with Crippen LogP contribution in [-0.2, 0) is 14.4 Å². The first kappa shape index (κ1) is 25.8. The van der Waals surface area contributed by atoms with E-state index in [2.05, 4.69) is 26.6 Å². The molecule has 5 amide bonds. The van der Waals surface area contributed by atoms with Crippen molar-refractivity contribution in [2.45, 2.75) is 13.8 Å². The zero-order valence-corrected chi connectivity index (χ0v) is 21.4. The summed E-state index contributed by atoms with van der Waals surface area (Å²) in [6.45, 7) is 3.39. The summed E-state index contributed by atoms with van der Waals surface area (Å²) < 4.78 is 19.7. The largest absolute Gasteiger partial charge is 0.483 e. The first-order valence-corrected chi connectivity index (χ1v) is 11.9. The van der Waals surface area contributed by atoms with Crippen molar-refractivity contribution in [1.82, 2.24) is 5.32 Å². The van der Waals surface area contributed by atoms with Crippen LogP contribution in [0.1, 0.15) is 16.7 Å². The third kappa shape index (κ3) is 5.75. The standard InChI is InChI=1S/C27H21BrFN3O5/c1-15-7-9-18(11-16(15)2)32-26(35)19(25(34)31-27(32)36)12-17-8-10-23(20(28)13-17)37-14-24(33)30-22-6-4-3-5-21(22)29/h3-13H,14H2,1-2H3,(H,30,33)(H,31,34,36)/b19-12-. The van der Waals surface area contributed by atoms with Gasteiger partial charge in [0.25, 0.3) is 17.7 Å². The fourth-order valence-corrected chi connectivity index (χ4v) is 4.05. The Hall–Kier alpha value is -4.31. The molecule has 3 aromatic carbocycles. The van der Waals surface area contributed by atoms with Crippen molar-refractivity contribution in [3.63, 3.8) is 0 Å². The number of amides is 5. The topological polar surface area (TPSA) is 105 Å². The molecule has 8 nitrogen and oxygen atoms in total. The van der Waals surface area contributed by atoms with Gasteiger partial charge in [0.1, 0.15) is 17.1 Å². The van der Waals surface area contributed by atoms with Crippen LogP contribution in [0.15, 0.2) is 70.7 Å². The molecule has 0 saturated carbocycles. The number of hydrogen-bond acceptors (Lipinski definition) is 5. The van der Waals surface area contributed by atoms with Gasteiger partial charge in [-0.05, 0) is 88.9 Å². The van der Waals surface area contributed by atoms with Crippen molar-refractivity contribution in [3.8, 4) is 5.75 Å². The summed E-state index contributed by atoms with van der Waals surface area (Å²) in [6.07, 6.45) is 1.36. The molecule has 188 valence electrons. The van der Waals surface area contributed by atoms with E-state index in [1.165, 1.54) is 24.3 Å². The summed E-state index contributed by atoms with van der Waals surface area (Å²) in [5.74, 6) is -2.36. The maximum absolute atomic E-state index is 13.7. The van der Waals surface area contributed by atoms with E-state index < -0.39 is 29.6 Å². The average Bonchev–Trinajstić information content (AvgIpc) is 2.84. The van der Waals surface area contributed by atoms with Crippen LogP contribution in [0.4, 0.5) is 20.6 Å². The Kier molecular flexibility index (Phi) is 7.49. The van der Waals surface area contributed by atoms with E-state index in [4.69, 9.17) is 4.74 Å². The quantitative estimate of drug-likeness (QED) is 0.327. The Labute approximate surface area is 220 Å². The zero-order valence-electron chi connectivity index (χ0n) is 19.8. The van der Waals surface area contributed by atoms with Crippen LogP contribution in [0.2, 0.25) is 0 Å². The third-order valence-corrected chi connectivity index (χ3v) is 6.24. The first-order chi connectivity index (χ1) is 17.6. The van der Waals surface area contributed by atoms with Crippen LogP contribution in [0.25, 0.3) is 6.08 Å². The SMILES string of the molecule is Cc1ccc(N2C(=O)NC(=O)/C(=C/c3ccc(OCC(=O)Nc4ccccc4F)c(Br)c3)C2=O)cc1C. The van der Waals surface area contributed by atoms with Gasteiger partial charge in [-0.2, -0.15) is 0 Å². The van der Waals surface area contributed by atoms with E-state index >= 15 is 0 Å². The fraction of sp³-hybridized carbons (Fsp3) is 0.111. The monoisotopic (exact) mass is 565 g/mol. The number of nitrogens with one attached hydrogen (secondary N) is 2. The highest BCUT2D eigenvalue weighted by Crippen LogP contribution is 2.29. The summed E-state index contributed by atoms with van der Waals surface area (Å²) in [5, 5.41) is 4.62. The molecule has 0 atom stereocenters. The highest BCUT2D eigenvalue weighted by molar-refractivity contribution is 9.10. The predicted octanol–water partition coefficient (Wildman–Crippen LogP) is 4.89. The van der Waals surface area contributed by atoms with E-state index in [9.17, 15) is 23.6 Å². The Morgan fingerprint density at radius 2 is 1.81 bits per heavy atom. The highest BCUT2D eigenvalue weighted by atomic mass is 79.9. The molecule has 1 saturated heterocycles. The van der Waals surface area contributed by atoms with Crippen molar-refractivity contribution in [3.05, 3.63) is 93.2 Å². The normalized spacial score (nSPS) is 14.5. The smallest absolute Gasteiger partial charge is 0.335 e. The van der Waals surface area contributed by atoms with Crippen molar-refractivity contribution in [2.75, 3.05) is 16.8 Å². The van der Waals surface area contributed by atoms with Gasteiger partial charge in [0.15, 0.2) is 6.61 Å². The molecule has 37 heavy (non-hydrogen) atoms. The molecule has 1 aliphatic heterocycles. The minimum Gasteiger partial charge on any atom is -0.483 e. The number of urea groups is 1. The minimum atomic E-state index is -0.825. The molecule has 2 N–H and O–H groups in total. The molecule has 3 aromatic rings. The number of imide groups is 2. The van der Waals surface area contributed by atoms with Crippen LogP contribution < -0.4 is 20.3 Å². The molecular formula is C27H21BrFN3O5. The molecule has 0 aromatic heterocycles. The van der Waals surface area contributed by atoms with E-state index in [0.717, 1.165) is 16.0 Å². The lowest BCUT2D eigenvalue weighted by Gasteiger charge is -2.26.